The van der Waals surface area contributed by atoms with Gasteiger partial charge in [0.15, 0.2) is 14.8 Å². The number of fused-ring (bicyclic) bond motifs is 1. The molecule has 6 nitrogen and oxygen atoms in total. The van der Waals surface area contributed by atoms with Crippen LogP contribution in [-0.2, 0) is 12.3 Å². The second-order valence-electron chi connectivity index (χ2n) is 7.31. The average molecular weight is 528 g/mol. The van der Waals surface area contributed by atoms with E-state index in [4.69, 9.17) is 38.0 Å². The summed E-state index contributed by atoms with van der Waals surface area (Å²) in [7, 11) is 1.61. The predicted molar refractivity (Wildman–Crippen MR) is 139 cm³/mol. The molecule has 10 heteroatoms. The van der Waals surface area contributed by atoms with Gasteiger partial charge < -0.3 is 9.15 Å². The third kappa shape index (κ3) is 4.44. The van der Waals surface area contributed by atoms with E-state index in [1.807, 2.05) is 54.6 Å². The summed E-state index contributed by atoms with van der Waals surface area (Å²) < 4.78 is 15.5. The van der Waals surface area contributed by atoms with Crippen LogP contribution in [0.1, 0.15) is 11.3 Å². The Hall–Kier alpha value is -2.85. The molecular formula is C24H18ClN3O3S3. The molecule has 0 spiro atoms. The van der Waals surface area contributed by atoms with Crippen molar-refractivity contribution in [3.63, 3.8) is 0 Å². The summed E-state index contributed by atoms with van der Waals surface area (Å²) in [5, 5.41) is 1.25. The standard InChI is InChI=1S/C24H18ClN3O3S3/c1-30-19-7-3-2-6-18(19)28-21-20(34-24(28)32)22(29)27(13-17-5-4-12-31-17)23(26-21)33-14-15-8-10-16(25)11-9-15/h2-12H,13-14H2,1H3. The Morgan fingerprint density at radius 3 is 2.68 bits per heavy atom. The number of ether oxygens (including phenoxy) is 1. The molecule has 0 saturated heterocycles. The lowest BCUT2D eigenvalue weighted by molar-refractivity contribution is 0.413. The predicted octanol–water partition coefficient (Wildman–Crippen LogP) is 6.57. The molecule has 0 bridgehead atoms. The first-order valence-electron chi connectivity index (χ1n) is 10.2. The lowest BCUT2D eigenvalue weighted by Gasteiger charge is -2.13. The minimum Gasteiger partial charge on any atom is -0.495 e. The number of nitrogens with zero attached hydrogens (tertiary/aromatic N) is 3. The van der Waals surface area contributed by atoms with Crippen LogP contribution in [0.15, 0.2) is 81.3 Å². The third-order valence-corrected chi connectivity index (χ3v) is 7.81. The van der Waals surface area contributed by atoms with Gasteiger partial charge in [0.2, 0.25) is 0 Å². The van der Waals surface area contributed by atoms with Crippen molar-refractivity contribution in [2.24, 2.45) is 0 Å². The van der Waals surface area contributed by atoms with E-state index in [0.717, 1.165) is 11.3 Å². The van der Waals surface area contributed by atoms with E-state index < -0.39 is 0 Å². The molecule has 3 heterocycles. The van der Waals surface area contributed by atoms with Crippen LogP contribution in [-0.4, -0.2) is 21.2 Å². The van der Waals surface area contributed by atoms with Gasteiger partial charge in [-0.3, -0.25) is 13.9 Å². The van der Waals surface area contributed by atoms with Crippen LogP contribution in [0, 0.1) is 3.95 Å². The first kappa shape index (κ1) is 22.9. The van der Waals surface area contributed by atoms with Crippen molar-refractivity contribution in [3.05, 3.63) is 97.6 Å². The third-order valence-electron chi connectivity index (χ3n) is 5.16. The molecule has 2 aromatic carbocycles. The second kappa shape index (κ2) is 9.79. The highest BCUT2D eigenvalue weighted by Gasteiger charge is 2.20. The van der Waals surface area contributed by atoms with Crippen LogP contribution in [0.2, 0.25) is 5.02 Å². The zero-order chi connectivity index (χ0) is 23.7. The lowest BCUT2D eigenvalue weighted by atomic mass is 10.2. The molecule has 0 saturated carbocycles. The minimum absolute atomic E-state index is 0.162. The first-order valence-corrected chi connectivity index (χ1v) is 12.8. The molecular weight excluding hydrogens is 510 g/mol. The molecule has 34 heavy (non-hydrogen) atoms. The van der Waals surface area contributed by atoms with Gasteiger partial charge in [-0.25, -0.2) is 4.98 Å². The number of thiazole rings is 1. The van der Waals surface area contributed by atoms with Crippen LogP contribution < -0.4 is 10.3 Å². The number of hydrogen-bond donors (Lipinski definition) is 0. The van der Waals surface area contributed by atoms with Crippen LogP contribution in [0.3, 0.4) is 0 Å². The SMILES string of the molecule is COc1ccccc1-n1c(=S)sc2c(=O)n(Cc3ccco3)c(SCc3ccc(Cl)cc3)nc21. The van der Waals surface area contributed by atoms with Gasteiger partial charge in [0, 0.05) is 10.8 Å². The monoisotopic (exact) mass is 527 g/mol. The first-order chi connectivity index (χ1) is 16.5. The zero-order valence-corrected chi connectivity index (χ0v) is 21.1. The Morgan fingerprint density at radius 1 is 1.15 bits per heavy atom. The van der Waals surface area contributed by atoms with Gasteiger partial charge in [0.25, 0.3) is 5.56 Å². The number of furan rings is 1. The van der Waals surface area contributed by atoms with Crippen molar-refractivity contribution < 1.29 is 9.15 Å². The van der Waals surface area contributed by atoms with Gasteiger partial charge in [-0.05, 0) is 54.2 Å². The fraction of sp³-hybridized carbons (Fsp3) is 0.125. The van der Waals surface area contributed by atoms with E-state index in [2.05, 4.69) is 0 Å². The molecule has 0 aliphatic carbocycles. The molecule has 0 aliphatic rings. The van der Waals surface area contributed by atoms with E-state index in [9.17, 15) is 4.79 Å². The maximum absolute atomic E-state index is 13.7. The Balaban J connectivity index is 1.67. The van der Waals surface area contributed by atoms with Crippen molar-refractivity contribution in [1.29, 1.82) is 0 Å². The fourth-order valence-corrected chi connectivity index (χ4v) is 5.91. The summed E-state index contributed by atoms with van der Waals surface area (Å²) in [4.78, 5) is 18.6. The molecule has 0 unspecified atom stereocenters. The molecule has 5 rings (SSSR count). The maximum atomic E-state index is 13.7. The highest BCUT2D eigenvalue weighted by atomic mass is 35.5. The fourth-order valence-electron chi connectivity index (χ4n) is 3.53. The van der Waals surface area contributed by atoms with Crippen molar-refractivity contribution in [1.82, 2.24) is 14.1 Å². The molecule has 172 valence electrons. The van der Waals surface area contributed by atoms with Gasteiger partial charge in [-0.15, -0.1) is 0 Å². The van der Waals surface area contributed by atoms with Gasteiger partial charge >= 0.3 is 0 Å². The van der Waals surface area contributed by atoms with Gasteiger partial charge in [-0.2, -0.15) is 0 Å². The molecule has 0 N–H and O–H groups in total. The number of methoxy groups -OCH3 is 1. The highest BCUT2D eigenvalue weighted by Crippen LogP contribution is 2.31. The molecule has 0 aliphatic heterocycles. The van der Waals surface area contributed by atoms with E-state index in [1.54, 1.807) is 28.6 Å². The van der Waals surface area contributed by atoms with Crippen molar-refractivity contribution in [2.75, 3.05) is 7.11 Å². The van der Waals surface area contributed by atoms with E-state index >= 15 is 0 Å². The van der Waals surface area contributed by atoms with Crippen molar-refractivity contribution in [2.45, 2.75) is 17.5 Å². The summed E-state index contributed by atoms with van der Waals surface area (Å²) >= 11 is 14.4. The number of para-hydroxylation sites is 2. The number of aromatic nitrogens is 3. The summed E-state index contributed by atoms with van der Waals surface area (Å²) in [5.41, 5.74) is 2.16. The lowest BCUT2D eigenvalue weighted by Crippen LogP contribution is -2.23. The smallest absolute Gasteiger partial charge is 0.274 e. The minimum atomic E-state index is -0.162. The summed E-state index contributed by atoms with van der Waals surface area (Å²) in [5.74, 6) is 1.94. The van der Waals surface area contributed by atoms with Crippen LogP contribution in [0.5, 0.6) is 5.75 Å². The summed E-state index contributed by atoms with van der Waals surface area (Å²) in [6, 6.07) is 18.8. The number of rotatable bonds is 7. The molecule has 0 radical (unpaired) electrons. The topological polar surface area (TPSA) is 62.2 Å². The molecule has 0 atom stereocenters. The Labute approximate surface area is 213 Å². The van der Waals surface area contributed by atoms with Crippen LogP contribution in [0.25, 0.3) is 16.0 Å². The largest absolute Gasteiger partial charge is 0.495 e. The molecule has 0 amide bonds. The number of thioether (sulfide) groups is 1. The normalized spacial score (nSPS) is 11.2. The average Bonchev–Trinajstić information content (AvgIpc) is 3.48. The Kier molecular flexibility index (Phi) is 6.60. The van der Waals surface area contributed by atoms with E-state index in [0.29, 0.717) is 41.7 Å². The van der Waals surface area contributed by atoms with Crippen molar-refractivity contribution >= 4 is 57.3 Å². The Bertz CT molecular complexity index is 1570. The Morgan fingerprint density at radius 2 is 1.94 bits per heavy atom. The molecule has 0 fully saturated rings. The highest BCUT2D eigenvalue weighted by molar-refractivity contribution is 7.98. The number of hydrogen-bond acceptors (Lipinski definition) is 7. The van der Waals surface area contributed by atoms with E-state index in [1.165, 1.54) is 23.1 Å². The van der Waals surface area contributed by atoms with Gasteiger partial charge in [0.05, 0.1) is 25.6 Å². The molecule has 5 aromatic rings. The quantitative estimate of drug-likeness (QED) is 0.135. The summed E-state index contributed by atoms with van der Waals surface area (Å²) in [6.07, 6.45) is 1.59. The zero-order valence-electron chi connectivity index (χ0n) is 17.9. The van der Waals surface area contributed by atoms with Gasteiger partial charge in [-0.1, -0.05) is 59.0 Å². The second-order valence-corrected chi connectivity index (χ2v) is 10.3. The molecule has 3 aromatic heterocycles. The van der Waals surface area contributed by atoms with Gasteiger partial charge in [0.1, 0.15) is 16.2 Å². The van der Waals surface area contributed by atoms with Crippen molar-refractivity contribution in [3.8, 4) is 11.4 Å². The van der Waals surface area contributed by atoms with E-state index in [-0.39, 0.29) is 12.1 Å². The maximum Gasteiger partial charge on any atom is 0.274 e. The van der Waals surface area contributed by atoms with Crippen LogP contribution in [0.4, 0.5) is 0 Å². The number of halogens is 1. The van der Waals surface area contributed by atoms with Crippen LogP contribution >= 0.6 is 46.9 Å². The number of benzene rings is 2. The summed E-state index contributed by atoms with van der Waals surface area (Å²) in [6.45, 7) is 0.275.